The zero-order chi connectivity index (χ0) is 19.7. The summed E-state index contributed by atoms with van der Waals surface area (Å²) >= 11 is 0. The van der Waals surface area contributed by atoms with Crippen LogP contribution >= 0.6 is 0 Å². The van der Waals surface area contributed by atoms with E-state index in [1.54, 1.807) is 11.6 Å². The largest absolute Gasteiger partial charge is 0.459 e. The molecule has 0 fully saturated rings. The van der Waals surface area contributed by atoms with E-state index in [2.05, 4.69) is 4.98 Å². The van der Waals surface area contributed by atoms with Gasteiger partial charge >= 0.3 is 5.69 Å². The molecule has 8 heteroatoms. The summed E-state index contributed by atoms with van der Waals surface area (Å²) in [5.74, 6) is 0. The third kappa shape index (κ3) is 3.66. The van der Waals surface area contributed by atoms with E-state index in [-0.39, 0.29) is 5.56 Å². The Morgan fingerprint density at radius 3 is 2.37 bits per heavy atom. The van der Waals surface area contributed by atoms with Gasteiger partial charge in [-0.05, 0) is 12.5 Å². The molecule has 2 aromatic heterocycles. The van der Waals surface area contributed by atoms with Crippen LogP contribution in [0.15, 0.2) is 33.9 Å². The van der Waals surface area contributed by atoms with Crippen LogP contribution < -0.4 is 20.9 Å². The van der Waals surface area contributed by atoms with E-state index >= 15 is 0 Å². The van der Waals surface area contributed by atoms with Crippen molar-refractivity contribution in [2.45, 2.75) is 13.5 Å². The zero-order valence-corrected chi connectivity index (χ0v) is 16.4. The van der Waals surface area contributed by atoms with Crippen LogP contribution in [0.4, 0.5) is 0 Å². The Morgan fingerprint density at radius 1 is 1.07 bits per heavy atom. The molecule has 0 spiro atoms. The Bertz CT molecular complexity index is 1070. The monoisotopic (exact) mass is 372 g/mol. The zero-order valence-electron chi connectivity index (χ0n) is 16.4. The second-order valence-corrected chi connectivity index (χ2v) is 7.15. The number of aromatic nitrogens is 4. The first-order valence-electron chi connectivity index (χ1n) is 8.93. The van der Waals surface area contributed by atoms with E-state index < -0.39 is 5.69 Å². The average molecular weight is 372 g/mol. The van der Waals surface area contributed by atoms with Crippen molar-refractivity contribution in [2.75, 3.05) is 27.2 Å². The van der Waals surface area contributed by atoms with E-state index in [0.29, 0.717) is 30.3 Å². The Hall–Kier alpha value is -2.87. The first-order valence-corrected chi connectivity index (χ1v) is 8.93. The van der Waals surface area contributed by atoms with Gasteiger partial charge in [-0.3, -0.25) is 18.5 Å². The second kappa shape index (κ2) is 7.40. The van der Waals surface area contributed by atoms with E-state index in [4.69, 9.17) is 4.74 Å². The molecule has 0 unspecified atom stereocenters. The summed E-state index contributed by atoms with van der Waals surface area (Å²) in [6.07, 6.45) is 0. The van der Waals surface area contributed by atoms with E-state index in [0.717, 1.165) is 22.2 Å². The molecule has 0 atom stereocenters. The van der Waals surface area contributed by atoms with Crippen LogP contribution in [0.1, 0.15) is 11.1 Å². The van der Waals surface area contributed by atoms with E-state index in [1.807, 2.05) is 45.3 Å². The van der Waals surface area contributed by atoms with Crippen LogP contribution in [0.5, 0.6) is 6.01 Å². The lowest BCUT2D eigenvalue weighted by Crippen LogP contribution is -3.06. The lowest BCUT2D eigenvalue weighted by atomic mass is 10.1. The number of nitrogens with zero attached hydrogens (tertiary/aromatic N) is 4. The molecule has 0 saturated carbocycles. The number of imidazole rings is 1. The predicted octanol–water partition coefficient (Wildman–Crippen LogP) is -0.686. The molecule has 3 rings (SSSR count). The third-order valence-electron chi connectivity index (χ3n) is 4.61. The van der Waals surface area contributed by atoms with Crippen molar-refractivity contribution in [1.29, 1.82) is 0 Å². The molecule has 0 saturated heterocycles. The molecule has 3 aromatic rings. The lowest BCUT2D eigenvalue weighted by Gasteiger charge is -2.11. The number of nitrogens with one attached hydrogen (secondary N) is 1. The number of rotatable bonds is 6. The van der Waals surface area contributed by atoms with Gasteiger partial charge in [0.2, 0.25) is 0 Å². The molecule has 27 heavy (non-hydrogen) atoms. The van der Waals surface area contributed by atoms with Gasteiger partial charge in [0.05, 0.1) is 20.6 Å². The minimum absolute atomic E-state index is 0.336. The fourth-order valence-electron chi connectivity index (χ4n) is 2.91. The van der Waals surface area contributed by atoms with Gasteiger partial charge in [0.15, 0.2) is 11.2 Å². The van der Waals surface area contributed by atoms with Gasteiger partial charge < -0.3 is 9.64 Å². The van der Waals surface area contributed by atoms with Gasteiger partial charge in [0, 0.05) is 14.1 Å². The van der Waals surface area contributed by atoms with Gasteiger partial charge in [0.25, 0.3) is 11.6 Å². The minimum Gasteiger partial charge on any atom is -0.459 e. The van der Waals surface area contributed by atoms with Crippen molar-refractivity contribution < 1.29 is 9.64 Å². The first kappa shape index (κ1) is 18.9. The highest BCUT2D eigenvalue weighted by atomic mass is 16.5. The van der Waals surface area contributed by atoms with Gasteiger partial charge in [-0.15, -0.1) is 0 Å². The van der Waals surface area contributed by atoms with Gasteiger partial charge in [-0.25, -0.2) is 4.79 Å². The van der Waals surface area contributed by atoms with E-state index in [1.165, 1.54) is 16.5 Å². The molecule has 2 heterocycles. The summed E-state index contributed by atoms with van der Waals surface area (Å²) in [4.78, 5) is 30.8. The maximum atomic E-state index is 12.8. The van der Waals surface area contributed by atoms with Gasteiger partial charge in [0.1, 0.15) is 13.2 Å². The van der Waals surface area contributed by atoms with Crippen molar-refractivity contribution in [2.24, 2.45) is 14.1 Å². The first-order chi connectivity index (χ1) is 12.8. The topological polar surface area (TPSA) is 75.5 Å². The number of ether oxygens (including phenoxy) is 1. The molecule has 0 aliphatic carbocycles. The van der Waals surface area contributed by atoms with Crippen LogP contribution in [-0.2, 0) is 20.6 Å². The number of benzene rings is 1. The normalized spacial score (nSPS) is 11.5. The summed E-state index contributed by atoms with van der Waals surface area (Å²) < 4.78 is 10.1. The van der Waals surface area contributed by atoms with Crippen molar-refractivity contribution in [3.05, 3.63) is 56.2 Å². The fourth-order valence-corrected chi connectivity index (χ4v) is 2.91. The molecule has 1 aromatic carbocycles. The molecular formula is C19H26N5O3+. The van der Waals surface area contributed by atoms with Gasteiger partial charge in [-0.1, -0.05) is 29.8 Å². The molecule has 8 nitrogen and oxygen atoms in total. The summed E-state index contributed by atoms with van der Waals surface area (Å²) in [6.45, 7) is 3.73. The summed E-state index contributed by atoms with van der Waals surface area (Å²) in [7, 11) is 7.17. The summed E-state index contributed by atoms with van der Waals surface area (Å²) in [5.41, 5.74) is 2.12. The molecule has 1 N–H and O–H groups in total. The van der Waals surface area contributed by atoms with Crippen LogP contribution in [0.25, 0.3) is 11.2 Å². The number of fused-ring (bicyclic) bond motifs is 1. The van der Waals surface area contributed by atoms with Gasteiger partial charge in [-0.2, -0.15) is 4.98 Å². The Balaban J connectivity index is 2.15. The molecular weight excluding hydrogens is 346 g/mol. The highest BCUT2D eigenvalue weighted by Crippen LogP contribution is 2.20. The maximum Gasteiger partial charge on any atom is 0.332 e. The summed E-state index contributed by atoms with van der Waals surface area (Å²) in [6, 6.07) is 8.43. The molecule has 0 radical (unpaired) electrons. The second-order valence-electron chi connectivity index (χ2n) is 7.15. The van der Waals surface area contributed by atoms with Crippen molar-refractivity contribution >= 4 is 11.2 Å². The molecule has 0 aliphatic heterocycles. The van der Waals surface area contributed by atoms with Crippen molar-refractivity contribution in [3.63, 3.8) is 0 Å². The fraction of sp³-hybridized carbons (Fsp3) is 0.421. The van der Waals surface area contributed by atoms with Crippen molar-refractivity contribution in [3.8, 4) is 6.01 Å². The third-order valence-corrected chi connectivity index (χ3v) is 4.61. The number of hydrogen-bond donors (Lipinski definition) is 1. The Morgan fingerprint density at radius 2 is 1.74 bits per heavy atom. The number of likely N-dealkylation sites (N-methyl/N-ethyl adjacent to an activating group) is 1. The lowest BCUT2D eigenvalue weighted by molar-refractivity contribution is -0.858. The van der Waals surface area contributed by atoms with E-state index in [9.17, 15) is 9.59 Å². The molecule has 0 aliphatic rings. The highest BCUT2D eigenvalue weighted by Gasteiger charge is 2.20. The van der Waals surface area contributed by atoms with Crippen LogP contribution in [-0.4, -0.2) is 45.9 Å². The quantitative estimate of drug-likeness (QED) is 0.622. The molecule has 0 bridgehead atoms. The number of quaternary nitrogens is 1. The van der Waals surface area contributed by atoms with Crippen molar-refractivity contribution in [1.82, 2.24) is 18.7 Å². The minimum atomic E-state index is -0.406. The Kier molecular flexibility index (Phi) is 5.18. The number of hydrogen-bond acceptors (Lipinski definition) is 4. The molecule has 144 valence electrons. The SMILES string of the molecule is Cc1ccc(Cn2c(OCC[NH+](C)C)nc3c2c(=O)n(C)c(=O)n3C)cc1. The molecule has 0 amide bonds. The maximum absolute atomic E-state index is 12.8. The predicted molar refractivity (Wildman–Crippen MR) is 104 cm³/mol. The number of aryl methyl sites for hydroxylation is 2. The standard InChI is InChI=1S/C19H25N5O3/c1-13-6-8-14(9-7-13)12-24-15-16(20-18(24)27-11-10-21(2)3)22(4)19(26)23(5)17(15)25/h6-9H,10-12H2,1-5H3/p+1. The van der Waals surface area contributed by atoms with Crippen LogP contribution in [0.3, 0.4) is 0 Å². The van der Waals surface area contributed by atoms with Crippen LogP contribution in [0, 0.1) is 6.92 Å². The highest BCUT2D eigenvalue weighted by molar-refractivity contribution is 5.72. The smallest absolute Gasteiger partial charge is 0.332 e. The Labute approximate surface area is 157 Å². The summed E-state index contributed by atoms with van der Waals surface area (Å²) in [5, 5.41) is 0. The van der Waals surface area contributed by atoms with Crippen LogP contribution in [0.2, 0.25) is 0 Å². The average Bonchev–Trinajstić information content (AvgIpc) is 2.98.